The summed E-state index contributed by atoms with van der Waals surface area (Å²) in [6.07, 6.45) is -2.09. The second-order valence-electron chi connectivity index (χ2n) is 10.3. The van der Waals surface area contributed by atoms with Gasteiger partial charge in [0.25, 0.3) is 0 Å². The lowest BCUT2D eigenvalue weighted by Gasteiger charge is -2.52. The number of methoxy groups -OCH3 is 1. The third-order valence-electron chi connectivity index (χ3n) is 7.40. The molecule has 2 aliphatic heterocycles. The molecule has 2 fully saturated rings. The molecule has 3 heterocycles. The monoisotopic (exact) mass is 660 g/mol. The molecule has 0 amide bonds. The number of carbonyl (C=O) groups excluding carboxylic acids is 3. The summed E-state index contributed by atoms with van der Waals surface area (Å²) in [6.45, 7) is 1.51. The number of aromatic nitrogens is 3. The summed E-state index contributed by atoms with van der Waals surface area (Å²) >= 11 is 0. The van der Waals surface area contributed by atoms with Crippen molar-refractivity contribution in [2.45, 2.75) is 54.7 Å². The van der Waals surface area contributed by atoms with E-state index in [-0.39, 0.29) is 36.8 Å². The first-order valence-electron chi connectivity index (χ1n) is 13.6. The average Bonchev–Trinajstić information content (AvgIpc) is 3.48. The van der Waals surface area contributed by atoms with Gasteiger partial charge in [0.05, 0.1) is 50.0 Å². The number of hydrogen-bond donors (Lipinski definition) is 2. The van der Waals surface area contributed by atoms with Gasteiger partial charge in [-0.1, -0.05) is 10.3 Å². The number of thiol groups is 1. The van der Waals surface area contributed by atoms with E-state index >= 15 is 0 Å². The minimum absolute atomic E-state index is 0.0250. The highest BCUT2D eigenvalue weighted by Crippen LogP contribution is 2.51. The quantitative estimate of drug-likeness (QED) is 0.0717. The number of carbonyl (C=O) groups is 3. The number of ether oxygens (including phenoxy) is 5. The van der Waals surface area contributed by atoms with E-state index in [1.807, 2.05) is 0 Å². The predicted molar refractivity (Wildman–Crippen MR) is 150 cm³/mol. The number of nitrogens with zero attached hydrogens (tertiary/aromatic N) is 6. The number of azide groups is 1. The summed E-state index contributed by atoms with van der Waals surface area (Å²) in [5.41, 5.74) is 8.78. The van der Waals surface area contributed by atoms with E-state index in [2.05, 4.69) is 20.3 Å². The Kier molecular flexibility index (Phi) is 11.3. The van der Waals surface area contributed by atoms with Crippen LogP contribution >= 0.6 is 10.9 Å². The second kappa shape index (κ2) is 14.9. The standard InChI is InChI=1S/C26H31F3N6O9S/c1-12(36)42-9-21-26(44-13(2)37)24(35-6-17(32-34-35)14-4-15(27)23(29)16(28)5-14)19(43-10-22(38)40-3)11-45(21)20-8-41-7-18(25(20)39)31-33-30/h4-6,18-21,24-26,39,45H,7-11H2,1-3H3/t18-,19-,20+,21+,24-,25+,26-/m0/s1. The summed E-state index contributed by atoms with van der Waals surface area (Å²) in [7, 11) is -0.407. The van der Waals surface area contributed by atoms with E-state index in [4.69, 9.17) is 29.2 Å². The van der Waals surface area contributed by atoms with Gasteiger partial charge in [-0.25, -0.2) is 33.5 Å². The summed E-state index contributed by atoms with van der Waals surface area (Å²) in [5, 5.41) is 21.4. The van der Waals surface area contributed by atoms with Crippen LogP contribution in [0.15, 0.2) is 23.4 Å². The van der Waals surface area contributed by atoms with Crippen LogP contribution in [-0.2, 0) is 38.1 Å². The fourth-order valence-corrected chi connectivity index (χ4v) is 8.92. The number of hydrogen-bond acceptors (Lipinski definition) is 12. The smallest absolute Gasteiger partial charge is 0.331 e. The van der Waals surface area contributed by atoms with Gasteiger partial charge in [-0.05, 0) is 17.7 Å². The van der Waals surface area contributed by atoms with Gasteiger partial charge in [0, 0.05) is 35.3 Å². The van der Waals surface area contributed by atoms with E-state index in [0.29, 0.717) is 0 Å². The van der Waals surface area contributed by atoms with Gasteiger partial charge >= 0.3 is 17.9 Å². The van der Waals surface area contributed by atoms with Gasteiger partial charge in [-0.2, -0.15) is 0 Å². The zero-order valence-electron chi connectivity index (χ0n) is 24.3. The van der Waals surface area contributed by atoms with Crippen LogP contribution in [0.2, 0.25) is 0 Å². The molecule has 0 bridgehead atoms. The summed E-state index contributed by atoms with van der Waals surface area (Å²) in [5.74, 6) is -6.57. The van der Waals surface area contributed by atoms with Gasteiger partial charge in [0.15, 0.2) is 17.5 Å². The average molecular weight is 661 g/mol. The largest absolute Gasteiger partial charge is 0.467 e. The molecule has 0 saturated carbocycles. The van der Waals surface area contributed by atoms with Crippen molar-refractivity contribution in [2.75, 3.05) is 39.3 Å². The maximum Gasteiger partial charge on any atom is 0.331 e. The lowest BCUT2D eigenvalue weighted by Crippen LogP contribution is -2.57. The first-order chi connectivity index (χ1) is 21.4. The number of rotatable bonds is 10. The van der Waals surface area contributed by atoms with Crippen molar-refractivity contribution in [3.63, 3.8) is 0 Å². The molecule has 2 saturated heterocycles. The van der Waals surface area contributed by atoms with Crippen molar-refractivity contribution in [1.29, 1.82) is 0 Å². The van der Waals surface area contributed by atoms with Crippen LogP contribution < -0.4 is 0 Å². The topological polar surface area (TPSA) is 197 Å². The molecule has 2 aromatic rings. The first-order valence-corrected chi connectivity index (χ1v) is 15.2. The third-order valence-corrected chi connectivity index (χ3v) is 10.8. The molecule has 8 atom stereocenters. The fourth-order valence-electron chi connectivity index (χ4n) is 5.38. The zero-order chi connectivity index (χ0) is 32.8. The van der Waals surface area contributed by atoms with Crippen molar-refractivity contribution in [1.82, 2.24) is 15.0 Å². The number of aliphatic hydroxyl groups is 1. The van der Waals surface area contributed by atoms with E-state index in [1.165, 1.54) is 17.8 Å². The minimum Gasteiger partial charge on any atom is -0.467 e. The number of aliphatic hydroxyl groups excluding tert-OH is 1. The Labute approximate surface area is 256 Å². The highest BCUT2D eigenvalue weighted by molar-refractivity contribution is 8.18. The summed E-state index contributed by atoms with van der Waals surface area (Å²) in [6, 6.07) is -0.533. The molecule has 1 aromatic carbocycles. The van der Waals surface area contributed by atoms with Crippen molar-refractivity contribution in [2.24, 2.45) is 5.11 Å². The summed E-state index contributed by atoms with van der Waals surface area (Å²) in [4.78, 5) is 39.3. The van der Waals surface area contributed by atoms with Crippen molar-refractivity contribution >= 4 is 28.8 Å². The number of benzene rings is 1. The van der Waals surface area contributed by atoms with Crippen LogP contribution in [0.25, 0.3) is 21.7 Å². The molecular formula is C26H31F3N6O9S. The molecular weight excluding hydrogens is 629 g/mol. The molecule has 19 heteroatoms. The Balaban J connectivity index is 1.81. The van der Waals surface area contributed by atoms with E-state index < -0.39 is 93.8 Å². The lowest BCUT2D eigenvalue weighted by molar-refractivity contribution is -0.159. The van der Waals surface area contributed by atoms with Crippen LogP contribution in [0.3, 0.4) is 0 Å². The molecule has 1 unspecified atom stereocenters. The first kappa shape index (κ1) is 34.0. The third kappa shape index (κ3) is 7.85. The zero-order valence-corrected chi connectivity index (χ0v) is 25.2. The molecule has 1 N–H and O–H groups in total. The highest BCUT2D eigenvalue weighted by Gasteiger charge is 2.52. The number of esters is 3. The predicted octanol–water partition coefficient (Wildman–Crippen LogP) is 1.78. The molecule has 4 rings (SSSR count). The minimum atomic E-state index is -1.66. The van der Waals surface area contributed by atoms with Crippen LogP contribution in [0.1, 0.15) is 19.9 Å². The molecule has 15 nitrogen and oxygen atoms in total. The molecule has 1 aromatic heterocycles. The van der Waals surface area contributed by atoms with Gasteiger partial charge in [-0.3, -0.25) is 9.59 Å². The second-order valence-corrected chi connectivity index (χ2v) is 13.0. The van der Waals surface area contributed by atoms with Crippen LogP contribution in [0.4, 0.5) is 13.2 Å². The van der Waals surface area contributed by atoms with Gasteiger partial charge in [-0.15, -0.1) is 5.10 Å². The normalized spacial score (nSPS) is 28.9. The molecule has 0 spiro atoms. The SMILES string of the molecule is COC(=O)CO[C@H]1C[SH]([C@@H]2COC[C@H](N=[N+]=[N-])[C@H]2O)[C@H](COC(C)=O)[C@H](OC(C)=O)[C@H]1n1cc(-c2cc(F)c(F)c(F)c2)nn1. The van der Waals surface area contributed by atoms with E-state index in [1.54, 1.807) is 0 Å². The molecule has 0 radical (unpaired) electrons. The maximum absolute atomic E-state index is 14.0. The molecule has 0 aliphatic carbocycles. The molecule has 2 aliphatic rings. The van der Waals surface area contributed by atoms with Crippen molar-refractivity contribution in [3.8, 4) is 11.3 Å². The Morgan fingerprint density at radius 2 is 1.91 bits per heavy atom. The highest BCUT2D eigenvalue weighted by atomic mass is 32.2. The maximum atomic E-state index is 14.0. The van der Waals surface area contributed by atoms with Gasteiger partial charge < -0.3 is 28.8 Å². The van der Waals surface area contributed by atoms with Crippen molar-refractivity contribution < 1.29 is 56.3 Å². The van der Waals surface area contributed by atoms with Crippen molar-refractivity contribution in [3.05, 3.63) is 46.2 Å². The summed E-state index contributed by atoms with van der Waals surface area (Å²) < 4.78 is 70.3. The van der Waals surface area contributed by atoms with E-state index in [0.717, 1.165) is 26.2 Å². The molecule has 45 heavy (non-hydrogen) atoms. The Hall–Kier alpha value is -3.90. The lowest BCUT2D eigenvalue weighted by atomic mass is 10.0. The molecule has 246 valence electrons. The Bertz CT molecular complexity index is 1440. The van der Waals surface area contributed by atoms with Gasteiger partial charge in [0.1, 0.15) is 31.1 Å². The van der Waals surface area contributed by atoms with E-state index in [9.17, 15) is 32.7 Å². The Morgan fingerprint density at radius 1 is 1.20 bits per heavy atom. The van der Waals surface area contributed by atoms with Gasteiger partial charge in [0.2, 0.25) is 0 Å². The Morgan fingerprint density at radius 3 is 2.53 bits per heavy atom. The fraction of sp³-hybridized carbons (Fsp3) is 0.577. The van der Waals surface area contributed by atoms with Crippen LogP contribution in [-0.4, -0.2) is 112 Å². The van der Waals surface area contributed by atoms with Crippen LogP contribution in [0.5, 0.6) is 0 Å². The van der Waals surface area contributed by atoms with Crippen LogP contribution in [0, 0.1) is 17.5 Å². The number of halogens is 3.